The van der Waals surface area contributed by atoms with Crippen molar-refractivity contribution in [2.24, 2.45) is 10.9 Å². The van der Waals surface area contributed by atoms with Gasteiger partial charge in [-0.05, 0) is 51.7 Å². The van der Waals surface area contributed by atoms with Gasteiger partial charge in [-0.1, -0.05) is 0 Å². The minimum Gasteiger partial charge on any atom is -0.497 e. The van der Waals surface area contributed by atoms with E-state index in [1.54, 1.807) is 21.3 Å². The zero-order valence-electron chi connectivity index (χ0n) is 20.4. The molecule has 9 heteroatoms. The van der Waals surface area contributed by atoms with Crippen molar-refractivity contribution in [3.05, 3.63) is 23.8 Å². The number of nitrogens with zero attached hydrogens (tertiary/aromatic N) is 3. The molecule has 1 unspecified atom stereocenters. The maximum atomic E-state index is 12.4. The van der Waals surface area contributed by atoms with Crippen molar-refractivity contribution in [2.75, 3.05) is 47.9 Å². The predicted octanol–water partition coefficient (Wildman–Crippen LogP) is 3.98. The Morgan fingerprint density at radius 1 is 1.28 bits per heavy atom. The number of rotatable bonds is 6. The van der Waals surface area contributed by atoms with E-state index in [4.69, 9.17) is 14.2 Å². The van der Waals surface area contributed by atoms with Crippen molar-refractivity contribution in [3.63, 3.8) is 0 Å². The first-order chi connectivity index (χ1) is 14.7. The van der Waals surface area contributed by atoms with Gasteiger partial charge in [0.15, 0.2) is 5.96 Å². The molecule has 0 spiro atoms. The van der Waals surface area contributed by atoms with Crippen LogP contribution in [0.4, 0.5) is 4.79 Å². The fourth-order valence-corrected chi connectivity index (χ4v) is 3.66. The molecule has 182 valence electrons. The van der Waals surface area contributed by atoms with Crippen LogP contribution >= 0.6 is 24.0 Å². The summed E-state index contributed by atoms with van der Waals surface area (Å²) in [5.41, 5.74) is 0.567. The van der Waals surface area contributed by atoms with Gasteiger partial charge in [0.1, 0.15) is 17.1 Å². The third-order valence-corrected chi connectivity index (χ3v) is 5.19. The summed E-state index contributed by atoms with van der Waals surface area (Å²) in [6, 6.07) is 5.81. The molecular weight excluding hydrogens is 523 g/mol. The number of likely N-dealkylation sites (tertiary alicyclic amines) is 1. The van der Waals surface area contributed by atoms with Crippen molar-refractivity contribution in [2.45, 2.75) is 45.8 Å². The van der Waals surface area contributed by atoms with E-state index in [1.807, 2.05) is 50.9 Å². The summed E-state index contributed by atoms with van der Waals surface area (Å²) in [6.45, 7) is 8.51. The quantitative estimate of drug-likeness (QED) is 0.321. The lowest BCUT2D eigenvalue weighted by Gasteiger charge is -2.34. The van der Waals surface area contributed by atoms with Gasteiger partial charge in [-0.3, -0.25) is 4.99 Å². The van der Waals surface area contributed by atoms with Gasteiger partial charge in [-0.2, -0.15) is 0 Å². The number of amides is 1. The number of hydrogen-bond donors (Lipinski definition) is 1. The standard InChI is InChI=1S/C23H38N4O4.HI/c1-23(2,3)31-22(28)27-12-8-9-17(15-27)14-25-21(24-4)26(5)16-18-10-11-19(29-6)13-20(18)30-7;/h10-11,13,17H,8-9,12,14-16H2,1-7H3,(H,24,25);1H. The Kier molecular flexibility index (Phi) is 11.4. The first-order valence-electron chi connectivity index (χ1n) is 10.8. The molecule has 1 saturated heterocycles. The number of hydrogen-bond acceptors (Lipinski definition) is 5. The summed E-state index contributed by atoms with van der Waals surface area (Å²) in [6.07, 6.45) is 1.81. The number of halogens is 1. The molecule has 0 radical (unpaired) electrons. The number of guanidine groups is 1. The zero-order chi connectivity index (χ0) is 23.0. The largest absolute Gasteiger partial charge is 0.497 e. The second-order valence-corrected chi connectivity index (χ2v) is 8.90. The second-order valence-electron chi connectivity index (χ2n) is 8.90. The van der Waals surface area contributed by atoms with Gasteiger partial charge in [0.2, 0.25) is 0 Å². The molecule has 0 saturated carbocycles. The van der Waals surface area contributed by atoms with Crippen molar-refractivity contribution in [1.29, 1.82) is 0 Å². The van der Waals surface area contributed by atoms with Crippen molar-refractivity contribution in [1.82, 2.24) is 15.1 Å². The first kappa shape index (κ1) is 28.1. The Bertz CT molecular complexity index is 767. The molecule has 1 heterocycles. The van der Waals surface area contributed by atoms with Crippen LogP contribution in [-0.2, 0) is 11.3 Å². The van der Waals surface area contributed by atoms with Gasteiger partial charge in [0, 0.05) is 51.9 Å². The maximum absolute atomic E-state index is 12.4. The van der Waals surface area contributed by atoms with E-state index < -0.39 is 5.60 Å². The van der Waals surface area contributed by atoms with Crippen molar-refractivity contribution in [3.8, 4) is 11.5 Å². The molecule has 1 aliphatic heterocycles. The van der Waals surface area contributed by atoms with E-state index in [0.29, 0.717) is 19.0 Å². The van der Waals surface area contributed by atoms with Crippen molar-refractivity contribution < 1.29 is 19.0 Å². The third-order valence-electron chi connectivity index (χ3n) is 5.19. The highest BCUT2D eigenvalue weighted by molar-refractivity contribution is 14.0. The normalized spacial score (nSPS) is 16.7. The predicted molar refractivity (Wildman–Crippen MR) is 138 cm³/mol. The summed E-state index contributed by atoms with van der Waals surface area (Å²) < 4.78 is 16.3. The van der Waals surface area contributed by atoms with Crippen LogP contribution in [0.1, 0.15) is 39.2 Å². The highest BCUT2D eigenvalue weighted by Gasteiger charge is 2.27. The van der Waals surface area contributed by atoms with Crippen LogP contribution in [0.25, 0.3) is 0 Å². The lowest BCUT2D eigenvalue weighted by molar-refractivity contribution is 0.0168. The van der Waals surface area contributed by atoms with Gasteiger partial charge in [0.25, 0.3) is 0 Å². The average Bonchev–Trinajstić information content (AvgIpc) is 2.73. The molecule has 0 aromatic heterocycles. The van der Waals surface area contributed by atoms with Crippen LogP contribution in [0.3, 0.4) is 0 Å². The molecule has 0 aliphatic carbocycles. The topological polar surface area (TPSA) is 75.6 Å². The monoisotopic (exact) mass is 562 g/mol. The number of aliphatic imine (C=N–C) groups is 1. The number of piperidine rings is 1. The van der Waals surface area contributed by atoms with E-state index in [1.165, 1.54) is 0 Å². The van der Waals surface area contributed by atoms with E-state index in [2.05, 4.69) is 15.2 Å². The molecule has 1 atom stereocenters. The van der Waals surface area contributed by atoms with Gasteiger partial charge in [0.05, 0.1) is 14.2 Å². The Labute approximate surface area is 209 Å². The average molecular weight is 562 g/mol. The number of nitrogens with one attached hydrogen (secondary N) is 1. The minimum atomic E-state index is -0.477. The third kappa shape index (κ3) is 8.55. The van der Waals surface area contributed by atoms with E-state index in [-0.39, 0.29) is 30.1 Å². The molecule has 32 heavy (non-hydrogen) atoms. The zero-order valence-corrected chi connectivity index (χ0v) is 22.8. The number of ether oxygens (including phenoxy) is 3. The van der Waals surface area contributed by atoms with Gasteiger partial charge in [-0.15, -0.1) is 24.0 Å². The highest BCUT2D eigenvalue weighted by atomic mass is 127. The number of carbonyl (C=O) groups excluding carboxylic acids is 1. The lowest BCUT2D eigenvalue weighted by Crippen LogP contribution is -2.47. The number of benzene rings is 1. The van der Waals surface area contributed by atoms with E-state index >= 15 is 0 Å². The second kappa shape index (κ2) is 13.0. The molecule has 1 fully saturated rings. The number of carbonyl (C=O) groups is 1. The van der Waals surface area contributed by atoms with Crippen molar-refractivity contribution >= 4 is 36.0 Å². The molecule has 8 nitrogen and oxygen atoms in total. The minimum absolute atomic E-state index is 0. The summed E-state index contributed by atoms with van der Waals surface area (Å²) >= 11 is 0. The Morgan fingerprint density at radius 2 is 2.00 bits per heavy atom. The van der Waals surface area contributed by atoms with Crippen LogP contribution in [0.15, 0.2) is 23.2 Å². The summed E-state index contributed by atoms with van der Waals surface area (Å²) in [5.74, 6) is 2.69. The highest BCUT2D eigenvalue weighted by Crippen LogP contribution is 2.25. The van der Waals surface area contributed by atoms with E-state index in [0.717, 1.165) is 49.0 Å². The Morgan fingerprint density at radius 3 is 2.59 bits per heavy atom. The lowest BCUT2D eigenvalue weighted by atomic mass is 9.98. The molecule has 1 amide bonds. The first-order valence-corrected chi connectivity index (χ1v) is 10.8. The molecule has 1 N–H and O–H groups in total. The van der Waals surface area contributed by atoms with Crippen LogP contribution in [-0.4, -0.2) is 75.4 Å². The Hall–Kier alpha value is -1.91. The van der Waals surface area contributed by atoms with Gasteiger partial charge >= 0.3 is 6.09 Å². The van der Waals surface area contributed by atoms with Crippen LogP contribution in [0, 0.1) is 5.92 Å². The number of methoxy groups -OCH3 is 2. The van der Waals surface area contributed by atoms with Crippen LogP contribution in [0.5, 0.6) is 11.5 Å². The fourth-order valence-electron chi connectivity index (χ4n) is 3.66. The van der Waals surface area contributed by atoms with Crippen LogP contribution < -0.4 is 14.8 Å². The summed E-state index contributed by atoms with van der Waals surface area (Å²) in [5, 5.41) is 3.46. The molecule has 1 aliphatic rings. The molecule has 1 aromatic rings. The van der Waals surface area contributed by atoms with Gasteiger partial charge in [-0.25, -0.2) is 4.79 Å². The maximum Gasteiger partial charge on any atom is 0.410 e. The summed E-state index contributed by atoms with van der Waals surface area (Å²) in [7, 11) is 7.07. The fraction of sp³-hybridized carbons (Fsp3) is 0.652. The smallest absolute Gasteiger partial charge is 0.410 e. The summed E-state index contributed by atoms with van der Waals surface area (Å²) in [4.78, 5) is 20.7. The molecular formula is C23H39IN4O4. The molecule has 1 aromatic carbocycles. The molecule has 2 rings (SSSR count). The van der Waals surface area contributed by atoms with Gasteiger partial charge < -0.3 is 29.3 Å². The van der Waals surface area contributed by atoms with E-state index in [9.17, 15) is 4.79 Å². The Balaban J connectivity index is 0.00000512. The van der Waals surface area contributed by atoms with Crippen LogP contribution in [0.2, 0.25) is 0 Å². The SMILES string of the molecule is CN=C(NCC1CCCN(C(=O)OC(C)(C)C)C1)N(C)Cc1ccc(OC)cc1OC.I. The molecule has 0 bridgehead atoms.